The summed E-state index contributed by atoms with van der Waals surface area (Å²) in [4.78, 5) is 0. The van der Waals surface area contributed by atoms with Crippen molar-refractivity contribution in [2.45, 2.75) is 40.0 Å². The number of rotatable bonds is 2. The van der Waals surface area contributed by atoms with Gasteiger partial charge in [0, 0.05) is 12.8 Å². The molecule has 2 saturated carbocycles. The molecular formula is C12H20OS. The van der Waals surface area contributed by atoms with Crippen LogP contribution in [0.25, 0.3) is 0 Å². The van der Waals surface area contributed by atoms with E-state index in [-0.39, 0.29) is 0 Å². The fourth-order valence-corrected chi connectivity index (χ4v) is 3.59. The molecule has 14 heavy (non-hydrogen) atoms. The van der Waals surface area contributed by atoms with Crippen LogP contribution in [0.5, 0.6) is 0 Å². The Balaban J connectivity index is 2.01. The molecule has 0 amide bonds. The summed E-state index contributed by atoms with van der Waals surface area (Å²) in [6.45, 7) is 7.53. The molecule has 2 heteroatoms. The Hall–Kier alpha value is -0.110. The summed E-state index contributed by atoms with van der Waals surface area (Å²) in [5.74, 6) is 2.58. The quantitative estimate of drug-likeness (QED) is 0.649. The number of hydrogen-bond acceptors (Lipinski definition) is 2. The fraction of sp³-hybridized carbons (Fsp3) is 0.917. The second-order valence-corrected chi connectivity index (χ2v) is 6.08. The van der Waals surface area contributed by atoms with Crippen LogP contribution in [0.3, 0.4) is 0 Å². The van der Waals surface area contributed by atoms with Crippen LogP contribution in [-0.2, 0) is 4.74 Å². The average Bonchev–Trinajstić information content (AvgIpc) is 2.59. The molecule has 0 aliphatic heterocycles. The van der Waals surface area contributed by atoms with E-state index in [9.17, 15) is 0 Å². The summed E-state index contributed by atoms with van der Waals surface area (Å²) in [5.41, 5.74) is 0.480. The van der Waals surface area contributed by atoms with Crippen molar-refractivity contribution in [2.75, 3.05) is 6.61 Å². The van der Waals surface area contributed by atoms with E-state index in [1.54, 1.807) is 0 Å². The highest BCUT2D eigenvalue weighted by Crippen LogP contribution is 2.59. The van der Waals surface area contributed by atoms with Crippen molar-refractivity contribution in [3.8, 4) is 0 Å². The molecule has 2 aliphatic carbocycles. The van der Waals surface area contributed by atoms with Gasteiger partial charge in [0.15, 0.2) is 5.05 Å². The number of fused-ring (bicyclic) bond motifs is 2. The Kier molecular flexibility index (Phi) is 2.59. The molecule has 0 heterocycles. The van der Waals surface area contributed by atoms with Gasteiger partial charge in [-0.3, -0.25) is 0 Å². The van der Waals surface area contributed by atoms with Crippen LogP contribution in [0.1, 0.15) is 40.0 Å². The third kappa shape index (κ3) is 1.58. The summed E-state index contributed by atoms with van der Waals surface area (Å²) < 4.78 is 5.55. The second kappa shape index (κ2) is 3.48. The lowest BCUT2D eigenvalue weighted by molar-refractivity contribution is 0.0701. The predicted molar refractivity (Wildman–Crippen MR) is 62.3 cm³/mol. The first-order valence-electron chi connectivity index (χ1n) is 5.65. The highest BCUT2D eigenvalue weighted by molar-refractivity contribution is 7.80. The molecule has 0 aromatic rings. The molecule has 0 N–H and O–H groups in total. The minimum atomic E-state index is 0.480. The standard InChI is InChI=1S/C12H20OS/c1-8(14)13-7-11-9-4-5-10(6-9)12(11,2)3/h9-11H,4-7H2,1-3H3/t9?,10?,11-/m0/s1. The molecule has 2 bridgehead atoms. The van der Waals surface area contributed by atoms with Gasteiger partial charge in [-0.15, -0.1) is 0 Å². The maximum Gasteiger partial charge on any atom is 0.156 e. The Morgan fingerprint density at radius 1 is 1.43 bits per heavy atom. The third-order valence-electron chi connectivity index (χ3n) is 4.52. The molecule has 2 fully saturated rings. The van der Waals surface area contributed by atoms with Crippen molar-refractivity contribution in [3.63, 3.8) is 0 Å². The van der Waals surface area contributed by atoms with Crippen LogP contribution in [-0.4, -0.2) is 11.7 Å². The van der Waals surface area contributed by atoms with E-state index in [2.05, 4.69) is 13.8 Å². The zero-order valence-corrected chi connectivity index (χ0v) is 10.2. The van der Waals surface area contributed by atoms with Crippen LogP contribution >= 0.6 is 12.2 Å². The van der Waals surface area contributed by atoms with Gasteiger partial charge >= 0.3 is 0 Å². The van der Waals surface area contributed by atoms with E-state index in [1.807, 2.05) is 6.92 Å². The topological polar surface area (TPSA) is 9.23 Å². The molecule has 2 rings (SSSR count). The molecule has 1 nitrogen and oxygen atoms in total. The lowest BCUT2D eigenvalue weighted by atomic mass is 9.69. The van der Waals surface area contributed by atoms with Crippen LogP contribution in [0.4, 0.5) is 0 Å². The van der Waals surface area contributed by atoms with Gasteiger partial charge in [0.05, 0.1) is 6.61 Å². The fourth-order valence-electron chi connectivity index (χ4n) is 3.53. The van der Waals surface area contributed by atoms with Crippen molar-refractivity contribution in [1.82, 2.24) is 0 Å². The van der Waals surface area contributed by atoms with E-state index in [1.165, 1.54) is 19.3 Å². The van der Waals surface area contributed by atoms with Crippen LogP contribution in [0.2, 0.25) is 0 Å². The Bertz CT molecular complexity index is 247. The van der Waals surface area contributed by atoms with Crippen molar-refractivity contribution < 1.29 is 4.74 Å². The molecule has 0 saturated heterocycles. The van der Waals surface area contributed by atoms with Crippen molar-refractivity contribution in [3.05, 3.63) is 0 Å². The lowest BCUT2D eigenvalue weighted by Crippen LogP contribution is -2.34. The molecule has 3 atom stereocenters. The zero-order valence-electron chi connectivity index (χ0n) is 9.38. The van der Waals surface area contributed by atoms with Gasteiger partial charge in [0.25, 0.3) is 0 Å². The highest BCUT2D eigenvalue weighted by Gasteiger charge is 2.52. The van der Waals surface area contributed by atoms with E-state index in [0.717, 1.165) is 24.4 Å². The number of ether oxygens (including phenoxy) is 1. The maximum absolute atomic E-state index is 5.55. The average molecular weight is 212 g/mol. The first-order chi connectivity index (χ1) is 6.51. The van der Waals surface area contributed by atoms with E-state index < -0.39 is 0 Å². The number of hydrogen-bond donors (Lipinski definition) is 0. The van der Waals surface area contributed by atoms with Gasteiger partial charge in [0.2, 0.25) is 0 Å². The summed E-state index contributed by atoms with van der Waals surface area (Å²) in [6, 6.07) is 0. The van der Waals surface area contributed by atoms with Crippen LogP contribution < -0.4 is 0 Å². The lowest BCUT2D eigenvalue weighted by Gasteiger charge is -2.37. The molecular weight excluding hydrogens is 192 g/mol. The van der Waals surface area contributed by atoms with Gasteiger partial charge in [-0.05, 0) is 48.7 Å². The van der Waals surface area contributed by atoms with Gasteiger partial charge in [-0.1, -0.05) is 13.8 Å². The van der Waals surface area contributed by atoms with Crippen molar-refractivity contribution in [2.24, 2.45) is 23.2 Å². The SMILES string of the molecule is CC(=S)OC[C@H]1C2CCC(C2)C1(C)C. The Morgan fingerprint density at radius 2 is 2.14 bits per heavy atom. The summed E-state index contributed by atoms with van der Waals surface area (Å²) in [5, 5.41) is 0.698. The van der Waals surface area contributed by atoms with Crippen LogP contribution in [0.15, 0.2) is 0 Å². The first-order valence-corrected chi connectivity index (χ1v) is 6.06. The predicted octanol–water partition coefficient (Wildman–Crippen LogP) is 3.42. The Morgan fingerprint density at radius 3 is 2.64 bits per heavy atom. The number of thiocarbonyl (C=S) groups is 1. The largest absolute Gasteiger partial charge is 0.487 e. The molecule has 2 aliphatic rings. The van der Waals surface area contributed by atoms with Crippen molar-refractivity contribution in [1.29, 1.82) is 0 Å². The molecule has 0 aromatic carbocycles. The molecule has 80 valence electrons. The molecule has 0 spiro atoms. The van der Waals surface area contributed by atoms with Crippen LogP contribution in [0, 0.1) is 23.2 Å². The van der Waals surface area contributed by atoms with E-state index in [0.29, 0.717) is 10.5 Å². The monoisotopic (exact) mass is 212 g/mol. The summed E-state index contributed by atoms with van der Waals surface area (Å²) in [6.07, 6.45) is 4.28. The van der Waals surface area contributed by atoms with E-state index >= 15 is 0 Å². The highest BCUT2D eigenvalue weighted by atomic mass is 32.1. The Labute approximate surface area is 92.2 Å². The van der Waals surface area contributed by atoms with Gasteiger partial charge < -0.3 is 4.74 Å². The molecule has 2 unspecified atom stereocenters. The maximum atomic E-state index is 5.55. The smallest absolute Gasteiger partial charge is 0.156 e. The zero-order chi connectivity index (χ0) is 10.3. The van der Waals surface area contributed by atoms with Crippen molar-refractivity contribution >= 4 is 17.3 Å². The molecule has 0 aromatic heterocycles. The third-order valence-corrected chi connectivity index (χ3v) is 4.63. The minimum absolute atomic E-state index is 0.480. The second-order valence-electron chi connectivity index (χ2n) is 5.50. The summed E-state index contributed by atoms with van der Waals surface area (Å²) >= 11 is 4.97. The first kappa shape index (κ1) is 10.4. The van der Waals surface area contributed by atoms with Gasteiger partial charge in [0.1, 0.15) is 0 Å². The normalized spacial score (nSPS) is 38.6. The minimum Gasteiger partial charge on any atom is -0.487 e. The van der Waals surface area contributed by atoms with Gasteiger partial charge in [-0.25, -0.2) is 0 Å². The molecule has 0 radical (unpaired) electrons. The summed E-state index contributed by atoms with van der Waals surface area (Å²) in [7, 11) is 0. The van der Waals surface area contributed by atoms with E-state index in [4.69, 9.17) is 17.0 Å². The van der Waals surface area contributed by atoms with Gasteiger partial charge in [-0.2, -0.15) is 0 Å².